The Labute approximate surface area is 150 Å². The maximum atomic E-state index is 13.4. The fourth-order valence-electron chi connectivity index (χ4n) is 4.01. The Morgan fingerprint density at radius 2 is 1.72 bits per heavy atom. The van der Waals surface area contributed by atoms with Gasteiger partial charge < -0.3 is 10.2 Å². The van der Waals surface area contributed by atoms with Gasteiger partial charge in [-0.15, -0.1) is 0 Å². The molecule has 1 saturated heterocycles. The molecule has 0 unspecified atom stereocenters. The highest BCUT2D eigenvalue weighted by molar-refractivity contribution is 6.14. The molecule has 25 heavy (non-hydrogen) atoms. The van der Waals surface area contributed by atoms with Gasteiger partial charge in [-0.3, -0.25) is 14.5 Å². The number of nitrogens with zero attached hydrogens (tertiary/aromatic N) is 1. The van der Waals surface area contributed by atoms with Crippen LogP contribution in [0.1, 0.15) is 52.9 Å². The van der Waals surface area contributed by atoms with Crippen LogP contribution in [0.3, 0.4) is 0 Å². The van der Waals surface area contributed by atoms with Crippen LogP contribution in [0.15, 0.2) is 24.3 Å². The van der Waals surface area contributed by atoms with Gasteiger partial charge in [0.05, 0.1) is 24.5 Å². The highest BCUT2D eigenvalue weighted by Gasteiger charge is 2.46. The maximum Gasteiger partial charge on any atom is 0.285 e. The molecule has 1 aromatic rings. The van der Waals surface area contributed by atoms with Gasteiger partial charge in [0.1, 0.15) is 5.54 Å². The first kappa shape index (κ1) is 17.9. The number of amides is 2. The monoisotopic (exact) mass is 344 g/mol. The molecule has 136 valence electrons. The normalized spacial score (nSPS) is 22.4. The molecule has 5 nitrogen and oxygen atoms in total. The van der Waals surface area contributed by atoms with E-state index >= 15 is 0 Å². The summed E-state index contributed by atoms with van der Waals surface area (Å²) in [6, 6.07) is 7.43. The summed E-state index contributed by atoms with van der Waals surface area (Å²) in [5.41, 5.74) is 0.632. The zero-order valence-corrected chi connectivity index (χ0v) is 15.6. The van der Waals surface area contributed by atoms with Gasteiger partial charge in [0.2, 0.25) is 5.91 Å². The molecule has 2 aliphatic rings. The van der Waals surface area contributed by atoms with E-state index in [4.69, 9.17) is 0 Å². The smallest absolute Gasteiger partial charge is 0.285 e. The van der Waals surface area contributed by atoms with E-state index < -0.39 is 5.54 Å². The van der Waals surface area contributed by atoms with Gasteiger partial charge in [0, 0.05) is 0 Å². The topological polar surface area (TPSA) is 53.9 Å². The number of carbonyl (C=O) groups excluding carboxylic acids is 2. The van der Waals surface area contributed by atoms with Crippen LogP contribution in [0.25, 0.3) is 0 Å². The zero-order chi connectivity index (χ0) is 18.0. The molecule has 1 fully saturated rings. The molecule has 0 bridgehead atoms. The second-order valence-electron chi connectivity index (χ2n) is 7.85. The predicted molar refractivity (Wildman–Crippen MR) is 99.9 cm³/mol. The minimum Gasteiger partial charge on any atom is -0.325 e. The zero-order valence-electron chi connectivity index (χ0n) is 15.6. The number of nitrogens with one attached hydrogen (secondary N) is 2. The summed E-state index contributed by atoms with van der Waals surface area (Å²) in [7, 11) is 0. The van der Waals surface area contributed by atoms with E-state index in [9.17, 15) is 9.59 Å². The van der Waals surface area contributed by atoms with Crippen LogP contribution in [0.2, 0.25) is 0 Å². The average molecular weight is 344 g/mol. The lowest BCUT2D eigenvalue weighted by Crippen LogP contribution is -3.17. The number of hydrogen-bond donors (Lipinski definition) is 2. The first-order valence-corrected chi connectivity index (χ1v) is 9.52. The van der Waals surface area contributed by atoms with Crippen molar-refractivity contribution in [2.45, 2.75) is 64.5 Å². The highest BCUT2D eigenvalue weighted by atomic mass is 16.2. The van der Waals surface area contributed by atoms with Gasteiger partial charge in [0.15, 0.2) is 6.04 Å². The van der Waals surface area contributed by atoms with E-state index in [2.05, 4.69) is 5.32 Å². The molecular formula is C20H30N3O2+. The fourth-order valence-corrected chi connectivity index (χ4v) is 4.01. The van der Waals surface area contributed by atoms with Crippen LogP contribution < -0.4 is 15.1 Å². The quantitative estimate of drug-likeness (QED) is 0.862. The Balaban J connectivity index is 1.89. The lowest BCUT2D eigenvalue weighted by atomic mass is 9.95. The third kappa shape index (κ3) is 3.43. The molecular weight excluding hydrogens is 314 g/mol. The lowest BCUT2D eigenvalue weighted by molar-refractivity contribution is -0.915. The number of para-hydroxylation sites is 2. The molecule has 0 radical (unpaired) electrons. The van der Waals surface area contributed by atoms with Gasteiger partial charge in [0.25, 0.3) is 5.91 Å². The first-order valence-electron chi connectivity index (χ1n) is 9.52. The van der Waals surface area contributed by atoms with Crippen molar-refractivity contribution in [1.29, 1.82) is 0 Å². The number of fused-ring (bicyclic) bond motifs is 1. The van der Waals surface area contributed by atoms with Gasteiger partial charge in [-0.25, -0.2) is 0 Å². The summed E-state index contributed by atoms with van der Waals surface area (Å²) in [4.78, 5) is 29.1. The maximum absolute atomic E-state index is 13.4. The molecule has 2 amide bonds. The second-order valence-corrected chi connectivity index (χ2v) is 7.85. The van der Waals surface area contributed by atoms with E-state index in [0.717, 1.165) is 24.5 Å². The minimum atomic E-state index is -0.887. The van der Waals surface area contributed by atoms with Crippen molar-refractivity contribution in [3.8, 4) is 0 Å². The van der Waals surface area contributed by atoms with Gasteiger partial charge in [-0.1, -0.05) is 18.6 Å². The minimum absolute atomic E-state index is 0.0443. The number of rotatable bonds is 2. The number of likely N-dealkylation sites (tertiary alicyclic amines) is 1. The van der Waals surface area contributed by atoms with Crippen LogP contribution in [0.4, 0.5) is 11.4 Å². The largest absolute Gasteiger partial charge is 0.325 e. The van der Waals surface area contributed by atoms with Crippen LogP contribution in [0, 0.1) is 0 Å². The molecule has 2 N–H and O–H groups in total. The van der Waals surface area contributed by atoms with Crippen molar-refractivity contribution in [2.24, 2.45) is 0 Å². The van der Waals surface area contributed by atoms with Crippen molar-refractivity contribution >= 4 is 23.2 Å². The lowest BCUT2D eigenvalue weighted by Gasteiger charge is -2.43. The Morgan fingerprint density at radius 3 is 2.40 bits per heavy atom. The summed E-state index contributed by atoms with van der Waals surface area (Å²) in [6.45, 7) is 7.74. The molecule has 3 rings (SSSR count). The third-order valence-corrected chi connectivity index (χ3v) is 5.71. The van der Waals surface area contributed by atoms with Crippen LogP contribution in [-0.2, 0) is 9.59 Å². The number of quaternary nitrogens is 1. The number of benzene rings is 1. The summed E-state index contributed by atoms with van der Waals surface area (Å²) in [5, 5.41) is 2.93. The molecule has 0 spiro atoms. The molecule has 5 heteroatoms. The molecule has 1 aromatic carbocycles. The van der Waals surface area contributed by atoms with Crippen LogP contribution >= 0.6 is 0 Å². The molecule has 2 aliphatic heterocycles. The van der Waals surface area contributed by atoms with Gasteiger partial charge >= 0.3 is 0 Å². The summed E-state index contributed by atoms with van der Waals surface area (Å²) >= 11 is 0. The van der Waals surface area contributed by atoms with Crippen LogP contribution in [-0.4, -0.2) is 36.5 Å². The number of carbonyl (C=O) groups is 2. The molecule has 2 heterocycles. The van der Waals surface area contributed by atoms with E-state index in [1.165, 1.54) is 37.0 Å². The first-order chi connectivity index (χ1) is 11.9. The Kier molecular flexibility index (Phi) is 5.13. The summed E-state index contributed by atoms with van der Waals surface area (Å²) in [5.74, 6) is -0.0858. The summed E-state index contributed by atoms with van der Waals surface area (Å²) in [6.07, 6.45) is 6.17. The number of anilines is 2. The standard InChI is InChI=1S/C20H29N3O2/c1-15(22-13-9-5-4-6-10-14-22)18(24)23-17-12-8-7-11-16(17)21-19(25)20(23,2)3/h7-8,11-12,15H,4-6,9-10,13-14H2,1-3H3,(H,21,25)/p+1/t15-/m0/s1. The highest BCUT2D eigenvalue weighted by Crippen LogP contribution is 2.36. The van der Waals surface area contributed by atoms with E-state index in [1.807, 2.05) is 45.0 Å². The Bertz CT molecular complexity index is 648. The molecule has 1 atom stereocenters. The Hall–Kier alpha value is -1.88. The fraction of sp³-hybridized carbons (Fsp3) is 0.600. The van der Waals surface area contributed by atoms with E-state index in [0.29, 0.717) is 0 Å². The second kappa shape index (κ2) is 7.16. The van der Waals surface area contributed by atoms with Gasteiger partial charge in [-0.05, 0) is 58.6 Å². The summed E-state index contributed by atoms with van der Waals surface area (Å²) < 4.78 is 0. The van der Waals surface area contributed by atoms with Crippen LogP contribution in [0.5, 0.6) is 0 Å². The van der Waals surface area contributed by atoms with Crippen molar-refractivity contribution in [3.05, 3.63) is 24.3 Å². The van der Waals surface area contributed by atoms with Crippen molar-refractivity contribution in [2.75, 3.05) is 23.3 Å². The van der Waals surface area contributed by atoms with Crippen molar-refractivity contribution in [3.63, 3.8) is 0 Å². The van der Waals surface area contributed by atoms with Crippen molar-refractivity contribution < 1.29 is 14.5 Å². The van der Waals surface area contributed by atoms with E-state index in [-0.39, 0.29) is 17.9 Å². The van der Waals surface area contributed by atoms with Gasteiger partial charge in [-0.2, -0.15) is 0 Å². The molecule has 0 aromatic heterocycles. The number of hydrogen-bond acceptors (Lipinski definition) is 2. The molecule has 0 saturated carbocycles. The Morgan fingerprint density at radius 1 is 1.12 bits per heavy atom. The van der Waals surface area contributed by atoms with Crippen molar-refractivity contribution in [1.82, 2.24) is 0 Å². The SMILES string of the molecule is C[C@@H](C(=O)N1c2ccccc2NC(=O)C1(C)C)[NH+]1CCCCCCC1. The molecule has 0 aliphatic carbocycles. The van der Waals surface area contributed by atoms with E-state index in [1.54, 1.807) is 4.90 Å². The average Bonchev–Trinajstić information content (AvgIpc) is 2.54. The predicted octanol–water partition coefficient (Wildman–Crippen LogP) is 1.99. The third-order valence-electron chi connectivity index (χ3n) is 5.71.